The molecule has 0 aromatic heterocycles. The third kappa shape index (κ3) is 6.46. The van der Waals surface area contributed by atoms with E-state index >= 15 is 0 Å². The molecule has 1 aromatic rings. The van der Waals surface area contributed by atoms with Gasteiger partial charge >= 0.3 is 6.18 Å². The lowest BCUT2D eigenvalue weighted by Gasteiger charge is -2.35. The summed E-state index contributed by atoms with van der Waals surface area (Å²) < 4.78 is 54.7. The van der Waals surface area contributed by atoms with Crippen LogP contribution in [0.4, 0.5) is 13.2 Å². The Labute approximate surface area is 210 Å². The van der Waals surface area contributed by atoms with Crippen molar-refractivity contribution in [2.24, 2.45) is 16.3 Å². The Morgan fingerprint density at radius 2 is 1.97 bits per heavy atom. The number of hydrogen-bond donors (Lipinski definition) is 1. The zero-order valence-electron chi connectivity index (χ0n) is 20.6. The van der Waals surface area contributed by atoms with Crippen molar-refractivity contribution in [3.63, 3.8) is 0 Å². The average molecular weight is 527 g/mol. The third-order valence-corrected chi connectivity index (χ3v) is 9.58. The number of hydrogen-bond acceptors (Lipinski definition) is 6. The van der Waals surface area contributed by atoms with Crippen LogP contribution >= 0.6 is 0 Å². The maximum Gasteiger partial charge on any atom is 0.416 e. The molecular formula is C24H33F3N6O2S. The molecule has 2 unspecified atom stereocenters. The van der Waals surface area contributed by atoms with Crippen LogP contribution in [-0.4, -0.2) is 68.4 Å². The number of alkyl halides is 3. The number of halogens is 3. The van der Waals surface area contributed by atoms with Gasteiger partial charge in [0.05, 0.1) is 12.1 Å². The molecule has 0 spiro atoms. The van der Waals surface area contributed by atoms with Gasteiger partial charge in [-0.1, -0.05) is 11.3 Å². The maximum absolute atomic E-state index is 13.3. The van der Waals surface area contributed by atoms with Crippen LogP contribution in [0.1, 0.15) is 49.3 Å². The number of nitrogens with one attached hydrogen (secondary N) is 1. The van der Waals surface area contributed by atoms with Gasteiger partial charge in [0, 0.05) is 47.7 Å². The Morgan fingerprint density at radius 3 is 2.56 bits per heavy atom. The van der Waals surface area contributed by atoms with Crippen LogP contribution < -0.4 is 5.43 Å². The molecule has 1 amide bonds. The van der Waals surface area contributed by atoms with Gasteiger partial charge in [-0.3, -0.25) is 9.00 Å². The molecule has 1 aliphatic carbocycles. The minimum atomic E-state index is -4.48. The molecule has 36 heavy (non-hydrogen) atoms. The van der Waals surface area contributed by atoms with Gasteiger partial charge in [-0.15, -0.1) is 5.11 Å². The largest absolute Gasteiger partial charge is 0.416 e. The van der Waals surface area contributed by atoms with Gasteiger partial charge in [0.1, 0.15) is 6.17 Å². The summed E-state index contributed by atoms with van der Waals surface area (Å²) >= 11 is 0. The summed E-state index contributed by atoms with van der Waals surface area (Å²) in [5, 5.41) is 9.43. The number of carbonyl (C=O) groups excluding carboxylic acids is 1. The smallest absolute Gasteiger partial charge is 0.342 e. The van der Waals surface area contributed by atoms with Gasteiger partial charge in [0.15, 0.2) is 0 Å². The van der Waals surface area contributed by atoms with E-state index in [2.05, 4.69) is 21.6 Å². The van der Waals surface area contributed by atoms with Gasteiger partial charge in [-0.25, -0.2) is 9.42 Å². The van der Waals surface area contributed by atoms with E-state index in [-0.39, 0.29) is 23.9 Å². The first-order valence-electron chi connectivity index (χ1n) is 12.1. The molecule has 4 rings (SSSR count). The molecule has 1 N–H and O–H groups in total. The summed E-state index contributed by atoms with van der Waals surface area (Å²) in [6.07, 6.45) is 1.87. The van der Waals surface area contributed by atoms with Gasteiger partial charge in [-0.2, -0.15) is 18.6 Å². The number of rotatable bonds is 8. The van der Waals surface area contributed by atoms with Crippen molar-refractivity contribution in [2.45, 2.75) is 56.7 Å². The summed E-state index contributed by atoms with van der Waals surface area (Å²) in [6.45, 7) is 3.85. The third-order valence-electron chi connectivity index (χ3n) is 6.83. The molecule has 2 heterocycles. The van der Waals surface area contributed by atoms with Crippen LogP contribution in [0.3, 0.4) is 0 Å². The van der Waals surface area contributed by atoms with Crippen LogP contribution in [0.2, 0.25) is 0 Å². The van der Waals surface area contributed by atoms with Crippen molar-refractivity contribution in [2.75, 3.05) is 26.7 Å². The number of hydrazine groups is 1. The highest BCUT2D eigenvalue weighted by molar-refractivity contribution is 7.99. The van der Waals surface area contributed by atoms with Crippen LogP contribution in [0.15, 0.2) is 34.6 Å². The van der Waals surface area contributed by atoms with Crippen molar-refractivity contribution >= 4 is 27.6 Å². The number of nitrogens with zero attached hydrogens (tertiary/aromatic N) is 5. The first-order chi connectivity index (χ1) is 16.9. The first kappa shape index (κ1) is 26.6. The van der Waals surface area contributed by atoms with Crippen LogP contribution in [0.25, 0.3) is 6.08 Å². The molecule has 3 aliphatic rings. The summed E-state index contributed by atoms with van der Waals surface area (Å²) in [6, 6.07) is 3.45. The van der Waals surface area contributed by atoms with E-state index in [4.69, 9.17) is 0 Å². The number of piperidine rings is 1. The quantitative estimate of drug-likeness (QED) is 0.414. The number of benzene rings is 1. The highest BCUT2D eigenvalue weighted by Gasteiger charge is 2.36. The Kier molecular flexibility index (Phi) is 7.77. The topological polar surface area (TPSA) is 80.6 Å². The van der Waals surface area contributed by atoms with E-state index in [1.54, 1.807) is 24.9 Å². The van der Waals surface area contributed by atoms with Crippen molar-refractivity contribution in [3.8, 4) is 0 Å². The number of likely N-dealkylation sites (N-methyl/N-ethyl adjacent to an activating group) is 1. The van der Waals surface area contributed by atoms with E-state index < -0.39 is 21.4 Å². The second kappa shape index (κ2) is 10.5. The van der Waals surface area contributed by atoms with E-state index in [1.165, 1.54) is 17.3 Å². The summed E-state index contributed by atoms with van der Waals surface area (Å²) in [5.74, 6) is 4.06. The molecule has 12 heteroatoms. The minimum absolute atomic E-state index is 0.0658. The highest BCUT2D eigenvalue weighted by Crippen LogP contribution is 2.34. The van der Waals surface area contributed by atoms with Gasteiger partial charge in [0.2, 0.25) is 5.91 Å². The van der Waals surface area contributed by atoms with E-state index in [9.17, 15) is 22.2 Å². The average Bonchev–Trinajstić information content (AvgIpc) is 3.61. The van der Waals surface area contributed by atoms with Crippen molar-refractivity contribution in [1.82, 2.24) is 19.7 Å². The minimum Gasteiger partial charge on any atom is -0.342 e. The molecule has 8 nitrogen and oxygen atoms in total. The van der Waals surface area contributed by atoms with Gasteiger partial charge in [-0.05, 0) is 73.7 Å². The molecule has 1 saturated heterocycles. The predicted octanol–water partition coefficient (Wildman–Crippen LogP) is 3.72. The molecule has 0 radical (unpaired) electrons. The molecule has 1 aromatic carbocycles. The fourth-order valence-corrected chi connectivity index (χ4v) is 6.66. The number of amides is 1. The molecule has 198 valence electrons. The molecule has 2 fully saturated rings. The predicted molar refractivity (Wildman–Crippen MR) is 134 cm³/mol. The lowest BCUT2D eigenvalue weighted by atomic mass is 9.97. The fraction of sp³-hybridized carbons (Fsp3) is 0.583. The highest BCUT2D eigenvalue weighted by atomic mass is 32.2. The Balaban J connectivity index is 1.37. The van der Waals surface area contributed by atoms with Gasteiger partial charge < -0.3 is 4.90 Å². The molecular weight excluding hydrogens is 493 g/mol. The zero-order chi connectivity index (χ0) is 26.1. The van der Waals surface area contributed by atoms with Crippen molar-refractivity contribution < 1.29 is 22.2 Å². The maximum atomic E-state index is 13.3. The molecule has 1 saturated carbocycles. The van der Waals surface area contributed by atoms with Crippen LogP contribution in [0, 0.1) is 5.92 Å². The lowest BCUT2D eigenvalue weighted by molar-refractivity contribution is -0.137. The second-order valence-corrected chi connectivity index (χ2v) is 12.4. The van der Waals surface area contributed by atoms with Crippen molar-refractivity contribution in [1.29, 1.82) is 0 Å². The van der Waals surface area contributed by atoms with Crippen LogP contribution in [0.5, 0.6) is 0 Å². The first-order valence-corrected chi connectivity index (χ1v) is 13.9. The summed E-state index contributed by atoms with van der Waals surface area (Å²) in [7, 11) is -0.454. The number of carbonyl (C=O) groups is 1. The van der Waals surface area contributed by atoms with E-state index in [0.29, 0.717) is 23.6 Å². The van der Waals surface area contributed by atoms with E-state index in [0.717, 1.165) is 50.9 Å². The Morgan fingerprint density at radius 1 is 1.28 bits per heavy atom. The van der Waals surface area contributed by atoms with Crippen LogP contribution in [-0.2, 0) is 27.2 Å². The Hall–Kier alpha value is -2.44. The lowest BCUT2D eigenvalue weighted by Crippen LogP contribution is -2.42. The molecule has 2 atom stereocenters. The normalized spacial score (nSPS) is 23.4. The fourth-order valence-electron chi connectivity index (χ4n) is 4.54. The Bertz CT molecular complexity index is 1130. The van der Waals surface area contributed by atoms with Crippen molar-refractivity contribution in [3.05, 3.63) is 41.0 Å². The molecule has 2 aliphatic heterocycles. The standard InChI is InChI=1S/C24H33F3N6O2S/c1-17-28-30-33(29-17)16-20-14-21(24(25,26)27)6-4-19(20)5-9-23(34)31(2)15-18-10-12-32(13-11-18)36(3,35)22-7-8-22/h4-6,9,14,17-18,22,29H,3,7-8,10-13,15-16H2,1-2H3/b9-5+. The SMILES string of the molecule is C=S(=O)(C1CC1)N1CCC(CN(C)C(=O)/C=C/c2ccc(C(F)(F)F)cc2CN2N=NC(C)N2)CC1. The molecule has 0 bridgehead atoms. The summed E-state index contributed by atoms with van der Waals surface area (Å²) in [4.78, 5) is 14.4. The van der Waals surface area contributed by atoms with E-state index in [1.807, 2.05) is 4.31 Å². The van der Waals surface area contributed by atoms with Gasteiger partial charge in [0.25, 0.3) is 0 Å². The monoisotopic (exact) mass is 526 g/mol. The summed E-state index contributed by atoms with van der Waals surface area (Å²) in [5.41, 5.74) is 3.04. The second-order valence-electron chi connectivity index (χ2n) is 9.79. The zero-order valence-corrected chi connectivity index (χ0v) is 21.4.